The van der Waals surface area contributed by atoms with Crippen LogP contribution in [0.2, 0.25) is 10.0 Å². The Morgan fingerprint density at radius 2 is 1.74 bits per heavy atom. The topological polar surface area (TPSA) is 38.3 Å². The van der Waals surface area contributed by atoms with Crippen molar-refractivity contribution in [3.05, 3.63) is 63.6 Å². The third-order valence-corrected chi connectivity index (χ3v) is 7.16. The Morgan fingerprint density at radius 1 is 1.14 bits per heavy atom. The van der Waals surface area contributed by atoms with E-state index >= 15 is 0 Å². The first-order valence-electron chi connectivity index (χ1n) is 11.1. The van der Waals surface area contributed by atoms with Gasteiger partial charge >= 0.3 is 12.1 Å². The Morgan fingerprint density at radius 3 is 2.29 bits per heavy atom. The van der Waals surface area contributed by atoms with Crippen LogP contribution in [0, 0.1) is 11.8 Å². The third kappa shape index (κ3) is 7.00. The van der Waals surface area contributed by atoms with E-state index in [1.807, 2.05) is 0 Å². The van der Waals surface area contributed by atoms with Gasteiger partial charge < -0.3 is 10.1 Å². The van der Waals surface area contributed by atoms with Crippen LogP contribution in [0.25, 0.3) is 0 Å². The van der Waals surface area contributed by atoms with Crippen LogP contribution in [-0.2, 0) is 9.53 Å². The van der Waals surface area contributed by atoms with Crippen LogP contribution in [0.4, 0.5) is 27.6 Å². The SMILES string of the molecule is COC(=O)CC(c1ccc(Cl)c(NCC[C@H](c2ccc(Cl)cc2)[C@@H](C)C(F)(F)F)c1)C1CC1(F)F. The van der Waals surface area contributed by atoms with Crippen molar-refractivity contribution in [1.29, 1.82) is 0 Å². The van der Waals surface area contributed by atoms with Gasteiger partial charge in [0.1, 0.15) is 0 Å². The highest BCUT2D eigenvalue weighted by atomic mass is 35.5. The zero-order chi connectivity index (χ0) is 26.0. The van der Waals surface area contributed by atoms with Crippen molar-refractivity contribution in [3.63, 3.8) is 0 Å². The summed E-state index contributed by atoms with van der Waals surface area (Å²) >= 11 is 12.2. The number of rotatable bonds is 10. The van der Waals surface area contributed by atoms with Crippen molar-refractivity contribution in [2.45, 2.75) is 50.1 Å². The van der Waals surface area contributed by atoms with Gasteiger partial charge in [-0.25, -0.2) is 8.78 Å². The van der Waals surface area contributed by atoms with Crippen molar-refractivity contribution >= 4 is 34.9 Å². The number of benzene rings is 2. The molecule has 0 aromatic heterocycles. The number of carbonyl (C=O) groups excluding carboxylic acids is 1. The number of nitrogens with one attached hydrogen (secondary N) is 1. The second kappa shape index (κ2) is 10.9. The van der Waals surface area contributed by atoms with E-state index in [-0.39, 0.29) is 25.8 Å². The Labute approximate surface area is 210 Å². The van der Waals surface area contributed by atoms with E-state index in [0.29, 0.717) is 26.9 Å². The molecule has 3 rings (SSSR count). The molecule has 192 valence electrons. The molecule has 2 aromatic rings. The van der Waals surface area contributed by atoms with Crippen LogP contribution in [0.3, 0.4) is 0 Å². The molecule has 10 heteroatoms. The lowest BCUT2D eigenvalue weighted by Gasteiger charge is -2.27. The summed E-state index contributed by atoms with van der Waals surface area (Å²) in [7, 11) is 1.19. The first-order valence-corrected chi connectivity index (χ1v) is 11.9. The summed E-state index contributed by atoms with van der Waals surface area (Å²) in [5.41, 5.74) is 1.40. The largest absolute Gasteiger partial charge is 0.469 e. The molecule has 1 saturated carbocycles. The number of hydrogen-bond acceptors (Lipinski definition) is 3. The summed E-state index contributed by atoms with van der Waals surface area (Å²) in [6.07, 6.45) is -4.79. The van der Waals surface area contributed by atoms with Gasteiger partial charge in [0.15, 0.2) is 0 Å². The molecule has 1 fully saturated rings. The predicted molar refractivity (Wildman–Crippen MR) is 126 cm³/mol. The molecular formula is C25H26Cl2F5NO2. The average Bonchev–Trinajstić information content (AvgIpc) is 3.43. The lowest BCUT2D eigenvalue weighted by atomic mass is 9.84. The summed E-state index contributed by atoms with van der Waals surface area (Å²) in [5.74, 6) is -7.65. The minimum absolute atomic E-state index is 0.134. The zero-order valence-electron chi connectivity index (χ0n) is 19.1. The molecule has 35 heavy (non-hydrogen) atoms. The van der Waals surface area contributed by atoms with Gasteiger partial charge in [0.25, 0.3) is 5.92 Å². The molecule has 0 saturated heterocycles. The summed E-state index contributed by atoms with van der Waals surface area (Å²) in [6.45, 7) is 1.29. The molecule has 0 heterocycles. The summed E-state index contributed by atoms with van der Waals surface area (Å²) in [4.78, 5) is 11.8. The number of ether oxygens (including phenoxy) is 1. The number of methoxy groups -OCH3 is 1. The van der Waals surface area contributed by atoms with Crippen molar-refractivity contribution in [3.8, 4) is 0 Å². The number of carbonyl (C=O) groups is 1. The van der Waals surface area contributed by atoms with Crippen molar-refractivity contribution in [2.24, 2.45) is 11.8 Å². The Hall–Kier alpha value is -2.06. The molecule has 2 aromatic carbocycles. The highest BCUT2D eigenvalue weighted by Crippen LogP contribution is 2.57. The number of esters is 1. The summed E-state index contributed by atoms with van der Waals surface area (Å²) in [5, 5.41) is 3.76. The van der Waals surface area contributed by atoms with Crippen molar-refractivity contribution in [1.82, 2.24) is 0 Å². The van der Waals surface area contributed by atoms with E-state index in [1.165, 1.54) is 13.2 Å². The molecular weight excluding hydrogens is 512 g/mol. The van der Waals surface area contributed by atoms with Crippen LogP contribution in [0.15, 0.2) is 42.5 Å². The van der Waals surface area contributed by atoms with Crippen LogP contribution in [0.1, 0.15) is 49.1 Å². The maximum atomic E-state index is 13.8. The molecule has 0 amide bonds. The van der Waals surface area contributed by atoms with E-state index < -0.39 is 41.7 Å². The van der Waals surface area contributed by atoms with Crippen LogP contribution in [0.5, 0.6) is 0 Å². The third-order valence-electron chi connectivity index (χ3n) is 6.58. The van der Waals surface area contributed by atoms with E-state index in [2.05, 4.69) is 10.1 Å². The predicted octanol–water partition coefficient (Wildman–Crippen LogP) is 8.08. The molecule has 4 atom stereocenters. The Kier molecular flexibility index (Phi) is 8.58. The molecule has 1 N–H and O–H groups in total. The minimum atomic E-state index is -4.39. The van der Waals surface area contributed by atoms with E-state index in [1.54, 1.807) is 36.4 Å². The highest BCUT2D eigenvalue weighted by molar-refractivity contribution is 6.33. The molecule has 2 unspecified atom stereocenters. The quantitative estimate of drug-likeness (QED) is 0.246. The summed E-state index contributed by atoms with van der Waals surface area (Å²) < 4.78 is 72.9. The Balaban J connectivity index is 1.77. The molecule has 0 spiro atoms. The van der Waals surface area contributed by atoms with E-state index in [4.69, 9.17) is 23.2 Å². The second-order valence-corrected chi connectivity index (χ2v) is 9.75. The first kappa shape index (κ1) is 27.5. The maximum absolute atomic E-state index is 13.8. The van der Waals surface area contributed by atoms with Crippen LogP contribution in [-0.4, -0.2) is 31.7 Å². The molecule has 1 aliphatic rings. The number of alkyl halides is 5. The molecule has 0 radical (unpaired) electrons. The molecule has 0 bridgehead atoms. The van der Waals surface area contributed by atoms with Gasteiger partial charge in [0, 0.05) is 29.8 Å². The van der Waals surface area contributed by atoms with Crippen LogP contribution < -0.4 is 5.32 Å². The number of anilines is 1. The number of hydrogen-bond donors (Lipinski definition) is 1. The van der Waals surface area contributed by atoms with Gasteiger partial charge in [-0.2, -0.15) is 13.2 Å². The zero-order valence-corrected chi connectivity index (χ0v) is 20.7. The molecule has 1 aliphatic carbocycles. The maximum Gasteiger partial charge on any atom is 0.392 e. The Bertz CT molecular complexity index is 1030. The average molecular weight is 538 g/mol. The fourth-order valence-electron chi connectivity index (χ4n) is 4.34. The lowest BCUT2D eigenvalue weighted by Crippen LogP contribution is -2.27. The van der Waals surface area contributed by atoms with E-state index in [0.717, 1.165) is 6.92 Å². The number of halogens is 7. The smallest absolute Gasteiger partial charge is 0.392 e. The van der Waals surface area contributed by atoms with Gasteiger partial charge in [0.2, 0.25) is 0 Å². The van der Waals surface area contributed by atoms with Gasteiger partial charge in [-0.15, -0.1) is 0 Å². The van der Waals surface area contributed by atoms with Crippen molar-refractivity contribution in [2.75, 3.05) is 19.0 Å². The first-order chi connectivity index (χ1) is 16.3. The van der Waals surface area contributed by atoms with Gasteiger partial charge in [0.05, 0.1) is 30.2 Å². The highest BCUT2D eigenvalue weighted by Gasteiger charge is 2.60. The fraction of sp³-hybridized carbons (Fsp3) is 0.480. The van der Waals surface area contributed by atoms with Gasteiger partial charge in [-0.05, 0) is 47.7 Å². The monoisotopic (exact) mass is 537 g/mol. The normalized spacial score (nSPS) is 19.5. The van der Waals surface area contributed by atoms with Crippen molar-refractivity contribution < 1.29 is 31.5 Å². The van der Waals surface area contributed by atoms with E-state index in [9.17, 15) is 26.7 Å². The van der Waals surface area contributed by atoms with Crippen LogP contribution >= 0.6 is 23.2 Å². The van der Waals surface area contributed by atoms with Gasteiger partial charge in [-0.3, -0.25) is 4.79 Å². The lowest BCUT2D eigenvalue weighted by molar-refractivity contribution is -0.176. The van der Waals surface area contributed by atoms with Gasteiger partial charge in [-0.1, -0.05) is 48.3 Å². The minimum Gasteiger partial charge on any atom is -0.469 e. The molecule has 0 aliphatic heterocycles. The second-order valence-electron chi connectivity index (χ2n) is 8.90. The molecule has 3 nitrogen and oxygen atoms in total. The standard InChI is InChI=1S/C25H26Cl2F5NO2/c1-14(25(30,31)32)18(15-3-6-17(26)7-4-15)9-10-33-22-11-16(5-8-21(22)27)19(12-23(34)35-2)20-13-24(20,28)29/h3-8,11,14,18-20,33H,9-10,12-13H2,1-2H3/t14-,18+,19?,20?/m1/s1. The summed E-state index contributed by atoms with van der Waals surface area (Å²) in [6, 6.07) is 10.9. The fourth-order valence-corrected chi connectivity index (χ4v) is 4.65.